The summed E-state index contributed by atoms with van der Waals surface area (Å²) in [6.45, 7) is -0.0825. The lowest BCUT2D eigenvalue weighted by molar-refractivity contribution is -0.253. The number of hydrogen-bond donors (Lipinski definition) is 2. The van der Waals surface area contributed by atoms with E-state index in [1.807, 2.05) is 0 Å². The molecule has 1 rings (SSSR count). The van der Waals surface area contributed by atoms with Crippen LogP contribution in [0.5, 0.6) is 0 Å². The minimum atomic E-state index is -4.95. The Balaban J connectivity index is 3.01. The first-order valence-electron chi connectivity index (χ1n) is 4.37. The number of amides is 1. The normalized spacial score (nSPS) is 30.6. The molecule has 1 aliphatic heterocycles. The van der Waals surface area contributed by atoms with Gasteiger partial charge in [-0.3, -0.25) is 4.79 Å². The number of alkyl halides is 3. The van der Waals surface area contributed by atoms with Crippen LogP contribution in [0, 0.1) is 0 Å². The van der Waals surface area contributed by atoms with Crippen LogP contribution in [0.1, 0.15) is 13.3 Å². The second-order valence-corrected chi connectivity index (χ2v) is 3.73. The van der Waals surface area contributed by atoms with Crippen molar-refractivity contribution in [1.29, 1.82) is 0 Å². The molecule has 1 amide bonds. The Kier molecular flexibility index (Phi) is 2.88. The summed E-state index contributed by atoms with van der Waals surface area (Å²) in [7, 11) is 0. The molecule has 0 aromatic heterocycles. The SMILES string of the molecule is CC(=O)N1C[C@](O)(C(F)(F)F)C[C@H]1C(=O)O. The number of rotatable bonds is 1. The summed E-state index contributed by atoms with van der Waals surface area (Å²) >= 11 is 0. The van der Waals surface area contributed by atoms with Gasteiger partial charge in [-0.05, 0) is 0 Å². The monoisotopic (exact) mass is 241 g/mol. The number of carboxylic acids is 1. The maximum absolute atomic E-state index is 12.4. The van der Waals surface area contributed by atoms with E-state index in [-0.39, 0.29) is 0 Å². The van der Waals surface area contributed by atoms with Gasteiger partial charge in [0, 0.05) is 13.3 Å². The van der Waals surface area contributed by atoms with E-state index in [9.17, 15) is 27.9 Å². The van der Waals surface area contributed by atoms with Crippen LogP contribution in [0.25, 0.3) is 0 Å². The zero-order valence-corrected chi connectivity index (χ0v) is 8.28. The van der Waals surface area contributed by atoms with E-state index < -0.39 is 42.7 Å². The molecule has 0 aromatic carbocycles. The predicted molar refractivity (Wildman–Crippen MR) is 44.4 cm³/mol. The van der Waals surface area contributed by atoms with Gasteiger partial charge in [-0.15, -0.1) is 0 Å². The van der Waals surface area contributed by atoms with Crippen molar-refractivity contribution in [3.05, 3.63) is 0 Å². The van der Waals surface area contributed by atoms with Gasteiger partial charge >= 0.3 is 12.1 Å². The number of carbonyl (C=O) groups excluding carboxylic acids is 1. The Morgan fingerprint density at radius 2 is 1.94 bits per heavy atom. The second-order valence-electron chi connectivity index (χ2n) is 3.73. The molecule has 92 valence electrons. The molecule has 16 heavy (non-hydrogen) atoms. The average molecular weight is 241 g/mol. The van der Waals surface area contributed by atoms with E-state index in [1.165, 1.54) is 0 Å². The molecule has 5 nitrogen and oxygen atoms in total. The lowest BCUT2D eigenvalue weighted by Crippen LogP contribution is -2.47. The van der Waals surface area contributed by atoms with Crippen molar-refractivity contribution >= 4 is 11.9 Å². The highest BCUT2D eigenvalue weighted by Crippen LogP contribution is 2.40. The Morgan fingerprint density at radius 3 is 2.19 bits per heavy atom. The molecule has 2 N–H and O–H groups in total. The summed E-state index contributed by atoms with van der Waals surface area (Å²) in [6.07, 6.45) is -5.99. The highest BCUT2D eigenvalue weighted by molar-refractivity contribution is 5.83. The number of halogens is 3. The first kappa shape index (κ1) is 12.8. The fourth-order valence-electron chi connectivity index (χ4n) is 1.64. The number of aliphatic carboxylic acids is 1. The Hall–Kier alpha value is -1.31. The first-order chi connectivity index (χ1) is 7.08. The second kappa shape index (κ2) is 3.62. The van der Waals surface area contributed by atoms with Crippen LogP contribution in [0.4, 0.5) is 13.2 Å². The number of likely N-dealkylation sites (tertiary alicyclic amines) is 1. The van der Waals surface area contributed by atoms with Crippen molar-refractivity contribution in [3.63, 3.8) is 0 Å². The predicted octanol–water partition coefficient (Wildman–Crippen LogP) is -0.0148. The zero-order chi connectivity index (χ0) is 12.7. The van der Waals surface area contributed by atoms with Crippen LogP contribution in [0.3, 0.4) is 0 Å². The maximum atomic E-state index is 12.4. The third-order valence-corrected chi connectivity index (χ3v) is 2.56. The van der Waals surface area contributed by atoms with Crippen LogP contribution in [0.15, 0.2) is 0 Å². The molecule has 0 spiro atoms. The highest BCUT2D eigenvalue weighted by Gasteiger charge is 2.61. The van der Waals surface area contributed by atoms with E-state index in [1.54, 1.807) is 0 Å². The molecule has 0 unspecified atom stereocenters. The molecule has 0 radical (unpaired) electrons. The molecule has 1 saturated heterocycles. The molecule has 0 bridgehead atoms. The fourth-order valence-corrected chi connectivity index (χ4v) is 1.64. The molecule has 2 atom stereocenters. The molecular formula is C8H10F3NO4. The van der Waals surface area contributed by atoms with Crippen LogP contribution >= 0.6 is 0 Å². The smallest absolute Gasteiger partial charge is 0.419 e. The van der Waals surface area contributed by atoms with Gasteiger partial charge in [-0.1, -0.05) is 0 Å². The number of hydrogen-bond acceptors (Lipinski definition) is 3. The molecule has 0 saturated carbocycles. The van der Waals surface area contributed by atoms with Crippen LogP contribution in [-0.2, 0) is 9.59 Å². The number of β-amino-alcohol motifs (C(OH)–C–C–N with tert-alkyl or cyclic N) is 1. The molecule has 1 fully saturated rings. The lowest BCUT2D eigenvalue weighted by atomic mass is 10.00. The highest BCUT2D eigenvalue weighted by atomic mass is 19.4. The summed E-state index contributed by atoms with van der Waals surface area (Å²) in [6, 6.07) is -1.64. The number of nitrogens with zero attached hydrogens (tertiary/aromatic N) is 1. The van der Waals surface area contributed by atoms with E-state index in [4.69, 9.17) is 5.11 Å². The number of carbonyl (C=O) groups is 2. The Morgan fingerprint density at radius 1 is 1.44 bits per heavy atom. The summed E-state index contributed by atoms with van der Waals surface area (Å²) in [5.74, 6) is -2.37. The van der Waals surface area contributed by atoms with Gasteiger partial charge in [0.05, 0.1) is 6.54 Å². The van der Waals surface area contributed by atoms with Crippen molar-refractivity contribution in [2.24, 2.45) is 0 Å². The molecule has 8 heteroatoms. The first-order valence-corrected chi connectivity index (χ1v) is 4.37. The van der Waals surface area contributed by atoms with Gasteiger partial charge in [-0.25, -0.2) is 4.79 Å². The summed E-state index contributed by atoms with van der Waals surface area (Å²) in [4.78, 5) is 22.1. The van der Waals surface area contributed by atoms with Gasteiger partial charge in [0.2, 0.25) is 5.91 Å². The third kappa shape index (κ3) is 1.97. The van der Waals surface area contributed by atoms with Crippen molar-refractivity contribution in [2.75, 3.05) is 6.54 Å². The van der Waals surface area contributed by atoms with Crippen molar-refractivity contribution in [3.8, 4) is 0 Å². The molecule has 1 aliphatic rings. The summed E-state index contributed by atoms with van der Waals surface area (Å²) in [5, 5.41) is 17.9. The minimum absolute atomic E-state index is 0.510. The van der Waals surface area contributed by atoms with E-state index in [0.29, 0.717) is 4.90 Å². The summed E-state index contributed by atoms with van der Waals surface area (Å²) in [5.41, 5.74) is -3.14. The number of aliphatic hydroxyl groups is 1. The van der Waals surface area contributed by atoms with E-state index in [2.05, 4.69) is 0 Å². The third-order valence-electron chi connectivity index (χ3n) is 2.56. The molecule has 0 aliphatic carbocycles. The zero-order valence-electron chi connectivity index (χ0n) is 8.28. The quantitative estimate of drug-likeness (QED) is 0.676. The van der Waals surface area contributed by atoms with Gasteiger partial charge < -0.3 is 15.1 Å². The average Bonchev–Trinajstić information content (AvgIpc) is 2.43. The van der Waals surface area contributed by atoms with Crippen molar-refractivity contribution < 1.29 is 33.0 Å². The van der Waals surface area contributed by atoms with Crippen molar-refractivity contribution in [1.82, 2.24) is 4.90 Å². The standard InChI is InChI=1S/C8H10F3NO4/c1-4(13)12-3-7(16,8(9,10)11)2-5(12)6(14)15/h5,16H,2-3H2,1H3,(H,14,15)/t5-,7-/m0/s1. The van der Waals surface area contributed by atoms with Gasteiger partial charge in [-0.2, -0.15) is 13.2 Å². The van der Waals surface area contributed by atoms with Gasteiger partial charge in [0.1, 0.15) is 6.04 Å². The Bertz CT molecular complexity index is 306. The fraction of sp³-hybridized carbons (Fsp3) is 0.750. The molecular weight excluding hydrogens is 231 g/mol. The van der Waals surface area contributed by atoms with Crippen molar-refractivity contribution in [2.45, 2.75) is 31.2 Å². The van der Waals surface area contributed by atoms with Crippen LogP contribution in [-0.4, -0.2) is 51.4 Å². The molecule has 0 aromatic rings. The topological polar surface area (TPSA) is 77.8 Å². The lowest BCUT2D eigenvalue weighted by Gasteiger charge is -2.25. The van der Waals surface area contributed by atoms with Gasteiger partial charge in [0.15, 0.2) is 5.60 Å². The van der Waals surface area contributed by atoms with Crippen LogP contribution < -0.4 is 0 Å². The van der Waals surface area contributed by atoms with E-state index >= 15 is 0 Å². The molecule has 1 heterocycles. The Labute approximate surface area is 88.5 Å². The minimum Gasteiger partial charge on any atom is -0.480 e. The summed E-state index contributed by atoms with van der Waals surface area (Å²) < 4.78 is 37.3. The maximum Gasteiger partial charge on any atom is 0.419 e. The van der Waals surface area contributed by atoms with Crippen LogP contribution in [0.2, 0.25) is 0 Å². The number of carboxylic acid groups (broad SMARTS) is 1. The van der Waals surface area contributed by atoms with Gasteiger partial charge in [0.25, 0.3) is 0 Å². The largest absolute Gasteiger partial charge is 0.480 e. The van der Waals surface area contributed by atoms with E-state index in [0.717, 1.165) is 6.92 Å².